The second-order valence-electron chi connectivity index (χ2n) is 8.29. The van der Waals surface area contributed by atoms with E-state index in [0.29, 0.717) is 16.7 Å². The molecule has 0 saturated carbocycles. The highest BCUT2D eigenvalue weighted by Gasteiger charge is 2.59. The molecule has 2 heterocycles. The van der Waals surface area contributed by atoms with Crippen LogP contribution in [0.1, 0.15) is 16.7 Å². The molecule has 2 aromatic rings. The Morgan fingerprint density at radius 2 is 1.97 bits per heavy atom. The zero-order chi connectivity index (χ0) is 26.0. The lowest BCUT2D eigenvalue weighted by Gasteiger charge is -2.52. The van der Waals surface area contributed by atoms with Gasteiger partial charge in [0.25, 0.3) is 5.69 Å². The van der Waals surface area contributed by atoms with Crippen LogP contribution in [0.5, 0.6) is 0 Å². The van der Waals surface area contributed by atoms with Crippen molar-refractivity contribution in [3.63, 3.8) is 0 Å². The molecule has 4 rings (SSSR count). The molecule has 3 unspecified atom stereocenters. The Bertz CT molecular complexity index is 1330. The summed E-state index contributed by atoms with van der Waals surface area (Å²) in [6, 6.07) is 11.7. The first-order valence-electron chi connectivity index (χ1n) is 10.7. The minimum absolute atomic E-state index is 0.0394. The summed E-state index contributed by atoms with van der Waals surface area (Å²) in [5, 5.41) is 21.5. The Labute approximate surface area is 207 Å². The van der Waals surface area contributed by atoms with Gasteiger partial charge in [-0.2, -0.15) is 5.26 Å². The lowest BCUT2D eigenvalue weighted by atomic mass is 9.98. The van der Waals surface area contributed by atoms with Crippen molar-refractivity contribution in [2.45, 2.75) is 30.5 Å². The summed E-state index contributed by atoms with van der Waals surface area (Å²) in [7, 11) is -1.59. The fourth-order valence-corrected chi connectivity index (χ4v) is 5.77. The van der Waals surface area contributed by atoms with Crippen molar-refractivity contribution in [3.05, 3.63) is 87.5 Å². The Kier molecular flexibility index (Phi) is 6.93. The molecule has 4 atom stereocenters. The molecule has 0 spiro atoms. The minimum Gasteiger partial charge on any atom is -0.459 e. The number of β-lactam (4-membered cyclic amide) rings is 1. The van der Waals surface area contributed by atoms with Gasteiger partial charge >= 0.3 is 5.97 Å². The van der Waals surface area contributed by atoms with Crippen LogP contribution in [-0.2, 0) is 42.9 Å². The molecule has 11 nitrogen and oxygen atoms in total. The third-order valence-corrected chi connectivity index (χ3v) is 7.52. The van der Waals surface area contributed by atoms with E-state index < -0.39 is 51.0 Å². The molecule has 0 bridgehead atoms. The number of non-ortho nitro benzene ring substituents is 1. The molecular formula is C24H20N4O7S. The Morgan fingerprint density at radius 3 is 2.64 bits per heavy atom. The van der Waals surface area contributed by atoms with Gasteiger partial charge in [-0.3, -0.25) is 23.9 Å². The van der Waals surface area contributed by atoms with E-state index in [2.05, 4.69) is 11.9 Å². The molecule has 2 saturated heterocycles. The van der Waals surface area contributed by atoms with E-state index in [9.17, 15) is 28.7 Å². The van der Waals surface area contributed by atoms with E-state index in [1.165, 1.54) is 24.3 Å². The first-order chi connectivity index (χ1) is 17.2. The summed E-state index contributed by atoms with van der Waals surface area (Å²) in [4.78, 5) is 49.6. The lowest BCUT2D eigenvalue weighted by Crippen LogP contribution is -2.77. The number of hydrogen-bond acceptors (Lipinski definition) is 8. The number of nitro benzene ring substituents is 1. The fraction of sp³-hybridized carbons (Fsp3) is 0.250. The van der Waals surface area contributed by atoms with Gasteiger partial charge in [0, 0.05) is 17.9 Å². The topological polar surface area (TPSA) is 160 Å². The van der Waals surface area contributed by atoms with Crippen molar-refractivity contribution in [2.24, 2.45) is 0 Å². The van der Waals surface area contributed by atoms with Crippen LogP contribution < -0.4 is 5.32 Å². The van der Waals surface area contributed by atoms with Gasteiger partial charge in [0.1, 0.15) is 18.0 Å². The average Bonchev–Trinajstić information content (AvgIpc) is 2.86. The van der Waals surface area contributed by atoms with Crippen LogP contribution >= 0.6 is 0 Å². The predicted octanol–water partition coefficient (Wildman–Crippen LogP) is 1.09. The molecule has 1 N–H and O–H groups in total. The molecule has 2 aliphatic heterocycles. The van der Waals surface area contributed by atoms with Crippen LogP contribution in [0.2, 0.25) is 0 Å². The van der Waals surface area contributed by atoms with Gasteiger partial charge < -0.3 is 15.0 Å². The SMILES string of the molecule is C=C1CS(=O)[C@H]2C(NC(=O)Cc3cccc(C#N)c3)C(=O)N2C1C(=O)OCc1ccc([N+](=O)[O-])cc1. The monoisotopic (exact) mass is 508 g/mol. The van der Waals surface area contributed by atoms with Crippen LogP contribution in [0.15, 0.2) is 60.7 Å². The molecule has 2 aliphatic rings. The van der Waals surface area contributed by atoms with Crippen molar-refractivity contribution >= 4 is 34.3 Å². The maximum Gasteiger partial charge on any atom is 0.333 e. The predicted molar refractivity (Wildman–Crippen MR) is 126 cm³/mol. The number of esters is 1. The molecule has 0 radical (unpaired) electrons. The standard InChI is InChI=1S/C24H20N4O7S/c1-14-13-36(34)23-20(26-19(29)10-16-3-2-4-17(9-16)11-25)22(30)27(23)21(14)24(31)35-12-15-5-7-18(8-6-15)28(32)33/h2-9,20-21,23H,1,10,12-13H2,(H,26,29)/t20?,21?,23-,36?/m0/s1. The van der Waals surface area contributed by atoms with Gasteiger partial charge in [-0.25, -0.2) is 4.79 Å². The first kappa shape index (κ1) is 24.7. The zero-order valence-corrected chi connectivity index (χ0v) is 19.6. The second-order valence-corrected chi connectivity index (χ2v) is 9.82. The zero-order valence-electron chi connectivity index (χ0n) is 18.8. The van der Waals surface area contributed by atoms with Crippen molar-refractivity contribution in [3.8, 4) is 6.07 Å². The van der Waals surface area contributed by atoms with Crippen LogP contribution in [-0.4, -0.2) is 55.0 Å². The van der Waals surface area contributed by atoms with Crippen molar-refractivity contribution in [1.82, 2.24) is 10.2 Å². The Balaban J connectivity index is 1.40. The van der Waals surface area contributed by atoms with E-state index in [-0.39, 0.29) is 30.0 Å². The maximum absolute atomic E-state index is 12.9. The molecule has 184 valence electrons. The van der Waals surface area contributed by atoms with Gasteiger partial charge in [-0.15, -0.1) is 0 Å². The van der Waals surface area contributed by atoms with E-state index in [1.54, 1.807) is 24.3 Å². The number of benzene rings is 2. The van der Waals surface area contributed by atoms with Crippen LogP contribution in [0.25, 0.3) is 0 Å². The van der Waals surface area contributed by atoms with Crippen molar-refractivity contribution in [1.29, 1.82) is 5.26 Å². The molecule has 2 amide bonds. The highest BCUT2D eigenvalue weighted by molar-refractivity contribution is 7.86. The summed E-state index contributed by atoms with van der Waals surface area (Å²) in [6.45, 7) is 3.61. The summed E-state index contributed by atoms with van der Waals surface area (Å²) < 4.78 is 18.1. The van der Waals surface area contributed by atoms with Crippen LogP contribution in [0, 0.1) is 21.4 Å². The third kappa shape index (κ3) is 4.87. The van der Waals surface area contributed by atoms with Crippen molar-refractivity contribution in [2.75, 3.05) is 5.75 Å². The number of fused-ring (bicyclic) bond motifs is 1. The molecule has 0 aliphatic carbocycles. The van der Waals surface area contributed by atoms with Gasteiger partial charge in [0.05, 0.1) is 33.8 Å². The quantitative estimate of drug-likeness (QED) is 0.191. The van der Waals surface area contributed by atoms with Gasteiger partial charge in [0.15, 0.2) is 6.04 Å². The smallest absolute Gasteiger partial charge is 0.333 e. The number of carbonyl (C=O) groups is 3. The van der Waals surface area contributed by atoms with E-state index in [0.717, 1.165) is 4.90 Å². The average molecular weight is 509 g/mol. The molecule has 36 heavy (non-hydrogen) atoms. The number of nitrogens with zero attached hydrogens (tertiary/aromatic N) is 3. The normalized spacial score (nSPS) is 22.6. The highest BCUT2D eigenvalue weighted by atomic mass is 32.2. The van der Waals surface area contributed by atoms with E-state index in [1.807, 2.05) is 6.07 Å². The Hall–Kier alpha value is -4.37. The largest absolute Gasteiger partial charge is 0.459 e. The molecular weight excluding hydrogens is 488 g/mol. The molecule has 2 fully saturated rings. The number of carbonyl (C=O) groups excluding carboxylic acids is 3. The highest BCUT2D eigenvalue weighted by Crippen LogP contribution is 2.35. The number of amides is 2. The summed E-state index contributed by atoms with van der Waals surface area (Å²) in [5.41, 5.74) is 1.64. The third-order valence-electron chi connectivity index (χ3n) is 5.83. The number of rotatable bonds is 7. The number of hydrogen-bond donors (Lipinski definition) is 1. The van der Waals surface area contributed by atoms with E-state index in [4.69, 9.17) is 10.00 Å². The van der Waals surface area contributed by atoms with Crippen molar-refractivity contribution < 1.29 is 28.3 Å². The maximum atomic E-state index is 12.9. The summed E-state index contributed by atoms with van der Waals surface area (Å²) >= 11 is 0. The van der Waals surface area contributed by atoms with Crippen LogP contribution in [0.4, 0.5) is 5.69 Å². The second kappa shape index (κ2) is 10.1. The molecule has 0 aromatic heterocycles. The van der Waals surface area contributed by atoms with Gasteiger partial charge in [-0.05, 0) is 41.0 Å². The number of ether oxygens (including phenoxy) is 1. The Morgan fingerprint density at radius 1 is 1.25 bits per heavy atom. The fourth-order valence-electron chi connectivity index (χ4n) is 4.10. The summed E-state index contributed by atoms with van der Waals surface area (Å²) in [6.07, 6.45) is -0.0773. The lowest BCUT2D eigenvalue weighted by molar-refractivity contribution is -0.384. The molecule has 12 heteroatoms. The molecule has 2 aromatic carbocycles. The van der Waals surface area contributed by atoms with Gasteiger partial charge in [-0.1, -0.05) is 18.7 Å². The first-order valence-corrected chi connectivity index (χ1v) is 12.1. The van der Waals surface area contributed by atoms with E-state index >= 15 is 0 Å². The summed E-state index contributed by atoms with van der Waals surface area (Å²) in [5.74, 6) is -1.87. The van der Waals surface area contributed by atoms with Crippen LogP contribution in [0.3, 0.4) is 0 Å². The number of nitro groups is 1. The number of nitrogens with one attached hydrogen (secondary N) is 1. The number of nitriles is 1. The minimum atomic E-state index is -1.59. The van der Waals surface area contributed by atoms with Gasteiger partial charge in [0.2, 0.25) is 11.8 Å².